The molecule has 0 saturated heterocycles. The van der Waals surface area contributed by atoms with E-state index in [0.29, 0.717) is 16.6 Å². The molecule has 1 aromatic carbocycles. The van der Waals surface area contributed by atoms with Gasteiger partial charge in [-0.05, 0) is 29.8 Å². The summed E-state index contributed by atoms with van der Waals surface area (Å²) in [5.41, 5.74) is 5.59. The second-order valence-corrected chi connectivity index (χ2v) is 7.02. The summed E-state index contributed by atoms with van der Waals surface area (Å²) in [6.07, 6.45) is -6.34. The molecule has 0 bridgehead atoms. The molecular formula is C20H17F6N3O. The SMILES string of the molecule is CC(c1cc2ccn(CC(F)(F)F)c2cn1)C(C(N)=O)c1ccc(C(F)(F)F)cc1. The number of pyridine rings is 1. The lowest BCUT2D eigenvalue weighted by Crippen LogP contribution is -2.26. The van der Waals surface area contributed by atoms with Crippen LogP contribution in [0.5, 0.6) is 0 Å². The van der Waals surface area contributed by atoms with Gasteiger partial charge in [0.2, 0.25) is 5.91 Å². The molecule has 1 amide bonds. The first-order chi connectivity index (χ1) is 13.9. The Morgan fingerprint density at radius 1 is 1.10 bits per heavy atom. The minimum Gasteiger partial charge on any atom is -0.369 e. The molecule has 0 radical (unpaired) electrons. The lowest BCUT2D eigenvalue weighted by molar-refractivity contribution is -0.140. The number of carbonyl (C=O) groups excluding carboxylic acids is 1. The third kappa shape index (κ3) is 4.58. The van der Waals surface area contributed by atoms with Gasteiger partial charge < -0.3 is 10.3 Å². The Morgan fingerprint density at radius 2 is 1.73 bits per heavy atom. The van der Waals surface area contributed by atoms with Crippen molar-refractivity contribution in [2.75, 3.05) is 0 Å². The fourth-order valence-corrected chi connectivity index (χ4v) is 3.43. The molecule has 2 N–H and O–H groups in total. The second kappa shape index (κ2) is 7.66. The second-order valence-electron chi connectivity index (χ2n) is 7.02. The largest absolute Gasteiger partial charge is 0.416 e. The smallest absolute Gasteiger partial charge is 0.369 e. The molecule has 2 atom stereocenters. The first-order valence-corrected chi connectivity index (χ1v) is 8.85. The van der Waals surface area contributed by atoms with Gasteiger partial charge in [-0.1, -0.05) is 19.1 Å². The number of amides is 1. The van der Waals surface area contributed by atoms with Crippen molar-refractivity contribution in [3.63, 3.8) is 0 Å². The molecule has 0 fully saturated rings. The lowest BCUT2D eigenvalue weighted by Gasteiger charge is -2.22. The number of nitrogens with two attached hydrogens (primary N) is 1. The van der Waals surface area contributed by atoms with Crippen LogP contribution in [0.1, 0.15) is 35.6 Å². The van der Waals surface area contributed by atoms with Crippen molar-refractivity contribution in [1.29, 1.82) is 0 Å². The normalized spacial score (nSPS) is 14.6. The van der Waals surface area contributed by atoms with Crippen LogP contribution in [0.4, 0.5) is 26.3 Å². The number of benzene rings is 1. The summed E-state index contributed by atoms with van der Waals surface area (Å²) in [7, 11) is 0. The van der Waals surface area contributed by atoms with E-state index in [4.69, 9.17) is 5.73 Å². The van der Waals surface area contributed by atoms with Gasteiger partial charge in [-0.3, -0.25) is 9.78 Å². The van der Waals surface area contributed by atoms with Gasteiger partial charge in [0.1, 0.15) is 6.54 Å². The van der Waals surface area contributed by atoms with Crippen molar-refractivity contribution < 1.29 is 31.1 Å². The Morgan fingerprint density at radius 3 is 2.27 bits per heavy atom. The maximum absolute atomic E-state index is 12.8. The highest BCUT2D eigenvalue weighted by Gasteiger charge is 2.32. The predicted octanol–water partition coefficient (Wildman–Crippen LogP) is 4.99. The predicted molar refractivity (Wildman–Crippen MR) is 97.6 cm³/mol. The number of nitrogens with zero attached hydrogens (tertiary/aromatic N) is 2. The van der Waals surface area contributed by atoms with Crippen LogP contribution in [-0.4, -0.2) is 21.6 Å². The summed E-state index contributed by atoms with van der Waals surface area (Å²) in [6, 6.07) is 7.15. The van der Waals surface area contributed by atoms with Gasteiger partial charge in [0.25, 0.3) is 0 Å². The molecule has 0 saturated carbocycles. The Hall–Kier alpha value is -3.04. The highest BCUT2D eigenvalue weighted by molar-refractivity contribution is 5.84. The number of aromatic nitrogens is 2. The summed E-state index contributed by atoms with van der Waals surface area (Å²) >= 11 is 0. The molecule has 2 heterocycles. The van der Waals surface area contributed by atoms with Crippen LogP contribution in [-0.2, 0) is 17.5 Å². The zero-order valence-corrected chi connectivity index (χ0v) is 15.6. The summed E-state index contributed by atoms with van der Waals surface area (Å²) < 4.78 is 77.4. The molecule has 30 heavy (non-hydrogen) atoms. The number of halogens is 6. The van der Waals surface area contributed by atoms with Crippen LogP contribution in [0.3, 0.4) is 0 Å². The van der Waals surface area contributed by atoms with Gasteiger partial charge in [-0.2, -0.15) is 26.3 Å². The van der Waals surface area contributed by atoms with E-state index in [1.165, 1.54) is 30.6 Å². The highest BCUT2D eigenvalue weighted by Crippen LogP contribution is 2.35. The van der Waals surface area contributed by atoms with Crippen molar-refractivity contribution in [1.82, 2.24) is 9.55 Å². The van der Waals surface area contributed by atoms with Crippen molar-refractivity contribution in [3.8, 4) is 0 Å². The Balaban J connectivity index is 1.93. The third-order valence-electron chi connectivity index (χ3n) is 4.90. The molecule has 0 aliphatic heterocycles. The molecule has 2 aromatic heterocycles. The molecule has 3 aromatic rings. The minimum atomic E-state index is -4.51. The van der Waals surface area contributed by atoms with Crippen molar-refractivity contribution in [2.45, 2.75) is 37.7 Å². The monoisotopic (exact) mass is 429 g/mol. The first kappa shape index (κ1) is 21.7. The number of alkyl halides is 6. The molecule has 0 aliphatic carbocycles. The van der Waals surface area contributed by atoms with Gasteiger partial charge in [0.15, 0.2) is 0 Å². The average molecular weight is 429 g/mol. The summed E-state index contributed by atoms with van der Waals surface area (Å²) in [4.78, 5) is 16.2. The average Bonchev–Trinajstić information content (AvgIpc) is 3.01. The first-order valence-electron chi connectivity index (χ1n) is 8.85. The molecule has 0 spiro atoms. The van der Waals surface area contributed by atoms with Crippen molar-refractivity contribution in [2.24, 2.45) is 5.73 Å². The molecule has 4 nitrogen and oxygen atoms in total. The third-order valence-corrected chi connectivity index (χ3v) is 4.90. The van der Waals surface area contributed by atoms with E-state index in [2.05, 4.69) is 4.98 Å². The van der Waals surface area contributed by atoms with Crippen LogP contribution in [0.15, 0.2) is 48.8 Å². The fourth-order valence-electron chi connectivity index (χ4n) is 3.43. The molecular weight excluding hydrogens is 412 g/mol. The maximum atomic E-state index is 12.8. The van der Waals surface area contributed by atoms with E-state index in [1.54, 1.807) is 13.0 Å². The fraction of sp³-hybridized carbons (Fsp3) is 0.300. The van der Waals surface area contributed by atoms with E-state index in [1.807, 2.05) is 0 Å². The van der Waals surface area contributed by atoms with Gasteiger partial charge in [0, 0.05) is 23.2 Å². The standard InChI is InChI=1S/C20H17F6N3O/c1-11(17(18(27)30)12-2-4-14(5-3-12)20(24,25)26)15-8-13-6-7-29(10-19(21,22)23)16(13)9-28-15/h2-9,11,17H,10H2,1H3,(H2,27,30). The van der Waals surface area contributed by atoms with Gasteiger partial charge >= 0.3 is 12.4 Å². The van der Waals surface area contributed by atoms with Crippen LogP contribution in [0, 0.1) is 0 Å². The Kier molecular flexibility index (Phi) is 5.53. The van der Waals surface area contributed by atoms with Crippen molar-refractivity contribution in [3.05, 3.63) is 65.6 Å². The number of fused-ring (bicyclic) bond motifs is 1. The van der Waals surface area contributed by atoms with Crippen LogP contribution in [0.2, 0.25) is 0 Å². The van der Waals surface area contributed by atoms with E-state index < -0.39 is 42.2 Å². The van der Waals surface area contributed by atoms with E-state index in [-0.39, 0.29) is 5.52 Å². The molecule has 3 rings (SSSR count). The van der Waals surface area contributed by atoms with E-state index in [9.17, 15) is 31.1 Å². The lowest BCUT2D eigenvalue weighted by atomic mass is 9.84. The molecule has 160 valence electrons. The topological polar surface area (TPSA) is 60.9 Å². The summed E-state index contributed by atoms with van der Waals surface area (Å²) in [5, 5.41) is 0.492. The van der Waals surface area contributed by atoms with Crippen LogP contribution >= 0.6 is 0 Å². The number of primary amides is 1. The van der Waals surface area contributed by atoms with Crippen LogP contribution < -0.4 is 5.73 Å². The zero-order chi connectivity index (χ0) is 22.3. The molecule has 10 heteroatoms. The van der Waals surface area contributed by atoms with Gasteiger partial charge in [-0.25, -0.2) is 0 Å². The Labute approximate surface area is 167 Å². The number of rotatable bonds is 5. The minimum absolute atomic E-state index is 0.272. The number of hydrogen-bond acceptors (Lipinski definition) is 2. The number of carbonyl (C=O) groups is 1. The maximum Gasteiger partial charge on any atom is 0.416 e. The van der Waals surface area contributed by atoms with Gasteiger partial charge in [-0.15, -0.1) is 0 Å². The zero-order valence-electron chi connectivity index (χ0n) is 15.6. The quantitative estimate of drug-likeness (QED) is 0.581. The highest BCUT2D eigenvalue weighted by atomic mass is 19.4. The summed E-state index contributed by atoms with van der Waals surface area (Å²) in [6.45, 7) is 0.469. The molecule has 0 aliphatic rings. The van der Waals surface area contributed by atoms with E-state index in [0.717, 1.165) is 16.7 Å². The van der Waals surface area contributed by atoms with Gasteiger partial charge in [0.05, 0.1) is 23.2 Å². The number of hydrogen-bond donors (Lipinski definition) is 1. The Bertz CT molecular complexity index is 1050. The summed E-state index contributed by atoms with van der Waals surface area (Å²) in [5.74, 6) is -2.33. The van der Waals surface area contributed by atoms with Crippen molar-refractivity contribution >= 4 is 16.8 Å². The molecule has 2 unspecified atom stereocenters. The van der Waals surface area contributed by atoms with Crippen LogP contribution in [0.25, 0.3) is 10.9 Å². The van der Waals surface area contributed by atoms with E-state index >= 15 is 0 Å².